The number of aliphatic imine (C=N–C) groups is 1. The molecule has 0 spiro atoms. The van der Waals surface area contributed by atoms with Gasteiger partial charge in [0.2, 0.25) is 0 Å². The highest BCUT2D eigenvalue weighted by Crippen LogP contribution is 2.23. The number of halogens is 1. The number of carbonyl (C=O) groups is 1. The van der Waals surface area contributed by atoms with Gasteiger partial charge in [0.15, 0.2) is 5.96 Å². The molecule has 31 heavy (non-hydrogen) atoms. The zero-order valence-electron chi connectivity index (χ0n) is 18.9. The Balaban J connectivity index is 0.00000341. The molecule has 0 unspecified atom stereocenters. The van der Waals surface area contributed by atoms with Crippen molar-refractivity contribution >= 4 is 41.5 Å². The summed E-state index contributed by atoms with van der Waals surface area (Å²) in [4.78, 5) is 21.3. The number of benzene rings is 2. The van der Waals surface area contributed by atoms with Crippen LogP contribution >= 0.6 is 24.0 Å². The third kappa shape index (κ3) is 6.35. The third-order valence-electron chi connectivity index (χ3n) is 5.68. The predicted octanol–water partition coefficient (Wildman–Crippen LogP) is 3.57. The van der Waals surface area contributed by atoms with Crippen molar-refractivity contribution in [3.8, 4) is 0 Å². The van der Waals surface area contributed by atoms with E-state index in [1.807, 2.05) is 38.2 Å². The first-order chi connectivity index (χ1) is 14.5. The molecule has 1 fully saturated rings. The minimum absolute atomic E-state index is 0. The van der Waals surface area contributed by atoms with E-state index in [4.69, 9.17) is 0 Å². The Morgan fingerprint density at radius 3 is 2.42 bits per heavy atom. The molecule has 0 aliphatic carbocycles. The molecular formula is C24H34IN5O. The van der Waals surface area contributed by atoms with E-state index in [2.05, 4.69) is 57.5 Å². The Bertz CT molecular complexity index is 907. The second-order valence-electron chi connectivity index (χ2n) is 7.65. The molecule has 6 nitrogen and oxygen atoms in total. The van der Waals surface area contributed by atoms with Crippen molar-refractivity contribution in [1.29, 1.82) is 0 Å². The van der Waals surface area contributed by atoms with Gasteiger partial charge < -0.3 is 20.4 Å². The lowest BCUT2D eigenvalue weighted by atomic mass is 10.1. The van der Waals surface area contributed by atoms with Crippen LogP contribution in [0.4, 0.5) is 5.69 Å². The Morgan fingerprint density at radius 1 is 1.03 bits per heavy atom. The molecule has 0 radical (unpaired) electrons. The van der Waals surface area contributed by atoms with E-state index in [-0.39, 0.29) is 29.9 Å². The van der Waals surface area contributed by atoms with Crippen LogP contribution < -0.4 is 15.5 Å². The lowest BCUT2D eigenvalue weighted by Crippen LogP contribution is -2.52. The largest absolute Gasteiger partial charge is 0.368 e. The molecule has 0 bridgehead atoms. The van der Waals surface area contributed by atoms with E-state index in [1.165, 1.54) is 16.8 Å². The van der Waals surface area contributed by atoms with E-state index in [9.17, 15) is 4.79 Å². The van der Waals surface area contributed by atoms with E-state index in [0.29, 0.717) is 18.7 Å². The lowest BCUT2D eigenvalue weighted by molar-refractivity contribution is 0.0955. The highest BCUT2D eigenvalue weighted by molar-refractivity contribution is 14.0. The Kier molecular flexibility index (Phi) is 9.61. The summed E-state index contributed by atoms with van der Waals surface area (Å²) in [5.41, 5.74) is 5.78. The summed E-state index contributed by atoms with van der Waals surface area (Å²) in [5.74, 6) is 0.866. The van der Waals surface area contributed by atoms with Gasteiger partial charge in [-0.25, -0.2) is 0 Å². The topological polar surface area (TPSA) is 60.0 Å². The number of carbonyl (C=O) groups excluding carboxylic acids is 1. The first-order valence-corrected chi connectivity index (χ1v) is 10.7. The van der Waals surface area contributed by atoms with Crippen molar-refractivity contribution in [1.82, 2.24) is 15.5 Å². The van der Waals surface area contributed by atoms with E-state index in [0.717, 1.165) is 37.7 Å². The molecule has 1 aliphatic heterocycles. The van der Waals surface area contributed by atoms with E-state index in [1.54, 1.807) is 0 Å². The van der Waals surface area contributed by atoms with Gasteiger partial charge in [-0.05, 0) is 55.7 Å². The zero-order valence-corrected chi connectivity index (χ0v) is 21.3. The first kappa shape index (κ1) is 25.0. The number of nitrogens with one attached hydrogen (secondary N) is 2. The number of rotatable bonds is 5. The number of amides is 1. The van der Waals surface area contributed by atoms with Crippen molar-refractivity contribution < 1.29 is 4.79 Å². The van der Waals surface area contributed by atoms with E-state index < -0.39 is 0 Å². The number of guanidine groups is 1. The van der Waals surface area contributed by atoms with Crippen LogP contribution in [-0.4, -0.2) is 56.5 Å². The molecule has 1 amide bonds. The third-order valence-corrected chi connectivity index (χ3v) is 5.68. The molecule has 2 aromatic carbocycles. The number of anilines is 1. The molecule has 2 aromatic rings. The van der Waals surface area contributed by atoms with Crippen LogP contribution in [0.1, 0.15) is 34.0 Å². The maximum Gasteiger partial charge on any atom is 0.251 e. The van der Waals surface area contributed by atoms with Crippen molar-refractivity contribution in [2.24, 2.45) is 4.99 Å². The van der Waals surface area contributed by atoms with Crippen LogP contribution in [-0.2, 0) is 6.54 Å². The molecule has 0 aromatic heterocycles. The summed E-state index contributed by atoms with van der Waals surface area (Å²) in [7, 11) is 1.82. The Hall–Kier alpha value is -2.29. The summed E-state index contributed by atoms with van der Waals surface area (Å²) in [6.07, 6.45) is 0. The van der Waals surface area contributed by atoms with Gasteiger partial charge >= 0.3 is 0 Å². The summed E-state index contributed by atoms with van der Waals surface area (Å²) in [6, 6.07) is 14.3. The molecule has 1 aliphatic rings. The minimum Gasteiger partial charge on any atom is -0.368 e. The van der Waals surface area contributed by atoms with Crippen LogP contribution in [0.15, 0.2) is 47.5 Å². The molecule has 0 atom stereocenters. The number of aryl methyl sites for hydroxylation is 1. The normalized spacial score (nSPS) is 14.1. The Labute approximate surface area is 203 Å². The number of hydrogen-bond donors (Lipinski definition) is 2. The van der Waals surface area contributed by atoms with Crippen molar-refractivity contribution in [2.75, 3.05) is 44.7 Å². The van der Waals surface area contributed by atoms with Gasteiger partial charge in [0.25, 0.3) is 5.91 Å². The van der Waals surface area contributed by atoms with Gasteiger partial charge in [-0.1, -0.05) is 24.3 Å². The molecule has 3 rings (SSSR count). The first-order valence-electron chi connectivity index (χ1n) is 10.7. The van der Waals surface area contributed by atoms with Crippen LogP contribution in [0.2, 0.25) is 0 Å². The maximum atomic E-state index is 12.1. The summed E-state index contributed by atoms with van der Waals surface area (Å²) >= 11 is 0. The predicted molar refractivity (Wildman–Crippen MR) is 140 cm³/mol. The van der Waals surface area contributed by atoms with Crippen LogP contribution in [0.5, 0.6) is 0 Å². The molecule has 1 heterocycles. The molecule has 168 valence electrons. The van der Waals surface area contributed by atoms with Gasteiger partial charge in [0.05, 0.1) is 0 Å². The van der Waals surface area contributed by atoms with Crippen molar-refractivity contribution in [3.63, 3.8) is 0 Å². The smallest absolute Gasteiger partial charge is 0.251 e. The summed E-state index contributed by atoms with van der Waals surface area (Å²) in [6.45, 7) is 11.3. The van der Waals surface area contributed by atoms with Gasteiger partial charge in [-0.3, -0.25) is 9.79 Å². The van der Waals surface area contributed by atoms with Gasteiger partial charge in [-0.15, -0.1) is 24.0 Å². The van der Waals surface area contributed by atoms with Crippen LogP contribution in [0.3, 0.4) is 0 Å². The number of nitrogens with zero attached hydrogens (tertiary/aromatic N) is 3. The Morgan fingerprint density at radius 2 is 1.74 bits per heavy atom. The van der Waals surface area contributed by atoms with E-state index >= 15 is 0 Å². The second kappa shape index (κ2) is 11.9. The monoisotopic (exact) mass is 535 g/mol. The van der Waals surface area contributed by atoms with Crippen LogP contribution in [0, 0.1) is 13.8 Å². The van der Waals surface area contributed by atoms with Gasteiger partial charge in [0, 0.05) is 57.6 Å². The van der Waals surface area contributed by atoms with Gasteiger partial charge in [-0.2, -0.15) is 0 Å². The molecular weight excluding hydrogens is 501 g/mol. The highest BCUT2D eigenvalue weighted by atomic mass is 127. The standard InChI is InChI=1S/C24H33N5O.HI/c1-5-26-23(30)21-10-7-9-20(16-21)17-27-24(25-4)29-14-12-28(13-15-29)22-11-6-8-18(2)19(22)3;/h6-11,16H,5,12-15,17H2,1-4H3,(H,25,27)(H,26,30);1H. The SMILES string of the molecule is CCNC(=O)c1cccc(CNC(=NC)N2CCN(c3cccc(C)c3C)CC2)c1.I. The van der Waals surface area contributed by atoms with Gasteiger partial charge in [0.1, 0.15) is 0 Å². The summed E-state index contributed by atoms with van der Waals surface area (Å²) in [5, 5.41) is 6.30. The molecule has 1 saturated heterocycles. The molecule has 7 heteroatoms. The fourth-order valence-electron chi connectivity index (χ4n) is 3.84. The second-order valence-corrected chi connectivity index (χ2v) is 7.65. The minimum atomic E-state index is -0.0358. The lowest BCUT2D eigenvalue weighted by Gasteiger charge is -2.38. The quantitative estimate of drug-likeness (QED) is 0.349. The average Bonchev–Trinajstić information content (AvgIpc) is 2.77. The van der Waals surface area contributed by atoms with Crippen molar-refractivity contribution in [3.05, 3.63) is 64.7 Å². The molecule has 0 saturated carbocycles. The average molecular weight is 535 g/mol. The fourth-order valence-corrected chi connectivity index (χ4v) is 3.84. The molecule has 2 N–H and O–H groups in total. The summed E-state index contributed by atoms with van der Waals surface area (Å²) < 4.78 is 0. The fraction of sp³-hybridized carbons (Fsp3) is 0.417. The van der Waals surface area contributed by atoms with Crippen molar-refractivity contribution in [2.45, 2.75) is 27.3 Å². The zero-order chi connectivity index (χ0) is 21.5. The maximum absolute atomic E-state index is 12.1. The van der Waals surface area contributed by atoms with Crippen LogP contribution in [0.25, 0.3) is 0 Å². The highest BCUT2D eigenvalue weighted by Gasteiger charge is 2.21. The number of hydrogen-bond acceptors (Lipinski definition) is 3. The number of piperazine rings is 1.